The second-order valence-electron chi connectivity index (χ2n) is 5.64. The van der Waals surface area contributed by atoms with Gasteiger partial charge in [0.1, 0.15) is 5.01 Å². The molecule has 1 fully saturated rings. The van der Waals surface area contributed by atoms with Crippen LogP contribution in [0, 0.1) is 12.8 Å². The van der Waals surface area contributed by atoms with Gasteiger partial charge in [-0.2, -0.15) is 0 Å². The van der Waals surface area contributed by atoms with Crippen LogP contribution >= 0.6 is 23.7 Å². The quantitative estimate of drug-likeness (QED) is 0.856. The zero-order valence-corrected chi connectivity index (χ0v) is 14.1. The molecule has 1 aliphatic rings. The molecular weight excluding hydrogens is 294 g/mol. The van der Waals surface area contributed by atoms with Crippen LogP contribution in [0.15, 0.2) is 5.38 Å². The molecule has 4 nitrogen and oxygen atoms in total. The van der Waals surface area contributed by atoms with Crippen LogP contribution in [-0.2, 0) is 11.3 Å². The maximum absolute atomic E-state index is 12.0. The molecule has 0 spiro atoms. The minimum atomic E-state index is 0. The highest BCUT2D eigenvalue weighted by atomic mass is 35.5. The number of halogens is 1. The number of aryl methyl sites for hydroxylation is 1. The molecule has 2 heterocycles. The Morgan fingerprint density at radius 2 is 2.00 bits per heavy atom. The third kappa shape index (κ3) is 5.04. The molecule has 1 aromatic rings. The third-order valence-electron chi connectivity index (χ3n) is 3.33. The van der Waals surface area contributed by atoms with Gasteiger partial charge in [0.05, 0.1) is 6.54 Å². The summed E-state index contributed by atoms with van der Waals surface area (Å²) in [4.78, 5) is 20.9. The first-order chi connectivity index (χ1) is 9.04. The lowest BCUT2D eigenvalue weighted by atomic mass is 10.1. The van der Waals surface area contributed by atoms with Crippen LogP contribution in [0.5, 0.6) is 0 Å². The van der Waals surface area contributed by atoms with Crippen molar-refractivity contribution >= 4 is 29.7 Å². The molecule has 1 amide bonds. The van der Waals surface area contributed by atoms with Crippen LogP contribution in [0.2, 0.25) is 0 Å². The molecule has 1 saturated heterocycles. The second-order valence-corrected chi connectivity index (χ2v) is 6.58. The second kappa shape index (κ2) is 7.96. The number of piperazine rings is 1. The SMILES string of the molecule is Cc1csc(CN2CCN(C(=O)CC(C)C)CC2)n1.Cl. The van der Waals surface area contributed by atoms with Gasteiger partial charge in [-0.15, -0.1) is 23.7 Å². The zero-order chi connectivity index (χ0) is 13.8. The Morgan fingerprint density at radius 3 is 2.50 bits per heavy atom. The van der Waals surface area contributed by atoms with Crippen LogP contribution in [-0.4, -0.2) is 46.9 Å². The number of carbonyl (C=O) groups excluding carboxylic acids is 1. The van der Waals surface area contributed by atoms with Gasteiger partial charge in [-0.3, -0.25) is 9.69 Å². The fourth-order valence-electron chi connectivity index (χ4n) is 2.30. The van der Waals surface area contributed by atoms with E-state index in [-0.39, 0.29) is 12.4 Å². The number of nitrogens with zero attached hydrogens (tertiary/aromatic N) is 3. The smallest absolute Gasteiger partial charge is 0.222 e. The summed E-state index contributed by atoms with van der Waals surface area (Å²) in [5.41, 5.74) is 1.10. The molecule has 2 rings (SSSR count). The van der Waals surface area contributed by atoms with Crippen molar-refractivity contribution in [2.75, 3.05) is 26.2 Å². The number of rotatable bonds is 4. The van der Waals surface area contributed by atoms with Crippen molar-refractivity contribution in [3.05, 3.63) is 16.1 Å². The molecule has 6 heteroatoms. The Hall–Kier alpha value is -0.650. The molecule has 0 unspecified atom stereocenters. The van der Waals surface area contributed by atoms with E-state index in [0.29, 0.717) is 18.2 Å². The molecular formula is C14H24ClN3OS. The molecule has 0 radical (unpaired) electrons. The lowest BCUT2D eigenvalue weighted by Gasteiger charge is -2.34. The topological polar surface area (TPSA) is 36.4 Å². The number of amides is 1. The summed E-state index contributed by atoms with van der Waals surface area (Å²) in [5.74, 6) is 0.753. The van der Waals surface area contributed by atoms with Crippen LogP contribution < -0.4 is 0 Å². The molecule has 0 saturated carbocycles. The van der Waals surface area contributed by atoms with Gasteiger partial charge in [-0.1, -0.05) is 13.8 Å². The summed E-state index contributed by atoms with van der Waals surface area (Å²) in [5, 5.41) is 3.28. The molecule has 1 aliphatic heterocycles. The minimum Gasteiger partial charge on any atom is -0.340 e. The molecule has 0 N–H and O–H groups in total. The molecule has 0 aromatic carbocycles. The number of carbonyl (C=O) groups is 1. The molecule has 0 aliphatic carbocycles. The molecule has 0 bridgehead atoms. The Morgan fingerprint density at radius 1 is 1.35 bits per heavy atom. The van der Waals surface area contributed by atoms with Crippen molar-refractivity contribution in [2.45, 2.75) is 33.7 Å². The summed E-state index contributed by atoms with van der Waals surface area (Å²) in [7, 11) is 0. The monoisotopic (exact) mass is 317 g/mol. The van der Waals surface area contributed by atoms with E-state index in [4.69, 9.17) is 0 Å². The summed E-state index contributed by atoms with van der Waals surface area (Å²) in [6.45, 7) is 10.8. The third-order valence-corrected chi connectivity index (χ3v) is 4.28. The van der Waals surface area contributed by atoms with E-state index in [1.54, 1.807) is 11.3 Å². The fraction of sp³-hybridized carbons (Fsp3) is 0.714. The van der Waals surface area contributed by atoms with Gasteiger partial charge in [0.2, 0.25) is 5.91 Å². The summed E-state index contributed by atoms with van der Waals surface area (Å²) in [6, 6.07) is 0. The Bertz CT molecular complexity index is 428. The fourth-order valence-corrected chi connectivity index (χ4v) is 3.11. The van der Waals surface area contributed by atoms with Crippen LogP contribution in [0.4, 0.5) is 0 Å². The Labute approximate surface area is 131 Å². The van der Waals surface area contributed by atoms with E-state index >= 15 is 0 Å². The zero-order valence-electron chi connectivity index (χ0n) is 12.5. The Kier molecular flexibility index (Phi) is 6.92. The van der Waals surface area contributed by atoms with E-state index in [2.05, 4.69) is 29.1 Å². The number of hydrogen-bond donors (Lipinski definition) is 0. The van der Waals surface area contributed by atoms with Crippen molar-refractivity contribution in [3.8, 4) is 0 Å². The largest absolute Gasteiger partial charge is 0.340 e. The van der Waals surface area contributed by atoms with Crippen molar-refractivity contribution < 1.29 is 4.79 Å². The number of hydrogen-bond acceptors (Lipinski definition) is 4. The van der Waals surface area contributed by atoms with Crippen LogP contribution in [0.3, 0.4) is 0 Å². The van der Waals surface area contributed by atoms with E-state index < -0.39 is 0 Å². The molecule has 114 valence electrons. The Balaban J connectivity index is 0.00000200. The summed E-state index contributed by atoms with van der Waals surface area (Å²) < 4.78 is 0. The highest BCUT2D eigenvalue weighted by molar-refractivity contribution is 7.09. The molecule has 20 heavy (non-hydrogen) atoms. The number of aromatic nitrogens is 1. The van der Waals surface area contributed by atoms with Gasteiger partial charge in [-0.25, -0.2) is 4.98 Å². The van der Waals surface area contributed by atoms with Gasteiger partial charge < -0.3 is 4.90 Å². The van der Waals surface area contributed by atoms with Crippen LogP contribution in [0.25, 0.3) is 0 Å². The standard InChI is InChI=1S/C14H23N3OS.ClH/c1-11(2)8-14(18)17-6-4-16(5-7-17)9-13-15-12(3)10-19-13;/h10-11H,4-9H2,1-3H3;1H. The lowest BCUT2D eigenvalue weighted by molar-refractivity contribution is -0.133. The average Bonchev–Trinajstić information content (AvgIpc) is 2.75. The molecule has 0 atom stereocenters. The maximum atomic E-state index is 12.0. The predicted molar refractivity (Wildman–Crippen MR) is 85.4 cm³/mol. The number of thiazole rings is 1. The molecule has 1 aromatic heterocycles. The first-order valence-corrected chi connectivity index (χ1v) is 7.83. The van der Waals surface area contributed by atoms with Gasteiger partial charge >= 0.3 is 0 Å². The van der Waals surface area contributed by atoms with E-state index in [1.165, 1.54) is 5.01 Å². The van der Waals surface area contributed by atoms with Gasteiger partial charge in [-0.05, 0) is 12.8 Å². The average molecular weight is 318 g/mol. The first-order valence-electron chi connectivity index (χ1n) is 6.95. The predicted octanol–water partition coefficient (Wildman–Crippen LogP) is 2.56. The van der Waals surface area contributed by atoms with Gasteiger partial charge in [0, 0.05) is 43.7 Å². The maximum Gasteiger partial charge on any atom is 0.222 e. The van der Waals surface area contributed by atoms with Crippen molar-refractivity contribution in [2.24, 2.45) is 5.92 Å². The van der Waals surface area contributed by atoms with E-state index in [9.17, 15) is 4.79 Å². The summed E-state index contributed by atoms with van der Waals surface area (Å²) >= 11 is 1.73. The minimum absolute atomic E-state index is 0. The van der Waals surface area contributed by atoms with Crippen LogP contribution in [0.1, 0.15) is 31.0 Å². The lowest BCUT2D eigenvalue weighted by Crippen LogP contribution is -2.48. The summed E-state index contributed by atoms with van der Waals surface area (Å²) in [6.07, 6.45) is 0.672. The van der Waals surface area contributed by atoms with E-state index in [1.807, 2.05) is 11.8 Å². The first kappa shape index (κ1) is 17.4. The van der Waals surface area contributed by atoms with Crippen molar-refractivity contribution in [1.29, 1.82) is 0 Å². The van der Waals surface area contributed by atoms with Gasteiger partial charge in [0.15, 0.2) is 0 Å². The van der Waals surface area contributed by atoms with Crippen molar-refractivity contribution in [1.82, 2.24) is 14.8 Å². The van der Waals surface area contributed by atoms with Gasteiger partial charge in [0.25, 0.3) is 0 Å². The highest BCUT2D eigenvalue weighted by Crippen LogP contribution is 2.14. The van der Waals surface area contributed by atoms with E-state index in [0.717, 1.165) is 38.4 Å². The normalized spacial score (nSPS) is 16.3. The highest BCUT2D eigenvalue weighted by Gasteiger charge is 2.21. The van der Waals surface area contributed by atoms with Crippen molar-refractivity contribution in [3.63, 3.8) is 0 Å².